The molecule has 3 aromatic rings. The molecule has 0 saturated carbocycles. The Bertz CT molecular complexity index is 1090. The predicted molar refractivity (Wildman–Crippen MR) is 121 cm³/mol. The van der Waals surface area contributed by atoms with Gasteiger partial charge in [-0.15, -0.1) is 0 Å². The fraction of sp³-hybridized carbons (Fsp3) is 0.240. The lowest BCUT2D eigenvalue weighted by Gasteiger charge is -2.13. The van der Waals surface area contributed by atoms with Gasteiger partial charge in [0.15, 0.2) is 6.61 Å². The number of benzene rings is 3. The molecule has 31 heavy (non-hydrogen) atoms. The number of nitrogens with one attached hydrogen (secondary N) is 2. The summed E-state index contributed by atoms with van der Waals surface area (Å²) in [7, 11) is 0. The Labute approximate surface area is 181 Å². The van der Waals surface area contributed by atoms with E-state index in [-0.39, 0.29) is 36.4 Å². The molecule has 0 aliphatic carbocycles. The molecule has 0 radical (unpaired) electrons. The zero-order chi connectivity index (χ0) is 22.2. The minimum absolute atomic E-state index is 0.00634. The largest absolute Gasteiger partial charge is 0.452 e. The van der Waals surface area contributed by atoms with Gasteiger partial charge in [0.25, 0.3) is 5.91 Å². The molecule has 3 aromatic carbocycles. The van der Waals surface area contributed by atoms with Crippen LogP contribution in [0.2, 0.25) is 0 Å². The van der Waals surface area contributed by atoms with Crippen molar-refractivity contribution < 1.29 is 19.1 Å². The van der Waals surface area contributed by atoms with Crippen molar-refractivity contribution in [3.05, 3.63) is 77.9 Å². The Balaban J connectivity index is 1.66. The van der Waals surface area contributed by atoms with Gasteiger partial charge in [-0.05, 0) is 41.8 Å². The monoisotopic (exact) mass is 418 g/mol. The van der Waals surface area contributed by atoms with E-state index in [1.165, 1.54) is 0 Å². The standard InChI is InChI=1S/C25H26N2O4/c1-3-17(2)26-24(29)16-31-25(30)21-13-6-7-14-22(21)27-23(28)15-19-11-8-10-18-9-4-5-12-20(18)19/h4-14,17H,3,15-16H2,1-2H3,(H,26,29)(H,27,28)/t17-/m0/s1. The van der Waals surface area contributed by atoms with Crippen molar-refractivity contribution in [1.29, 1.82) is 0 Å². The Morgan fingerprint density at radius 3 is 2.42 bits per heavy atom. The molecule has 6 nitrogen and oxygen atoms in total. The molecule has 0 aromatic heterocycles. The van der Waals surface area contributed by atoms with Crippen LogP contribution in [0.3, 0.4) is 0 Å². The molecule has 0 spiro atoms. The minimum Gasteiger partial charge on any atom is -0.452 e. The van der Waals surface area contributed by atoms with Crippen LogP contribution in [-0.2, 0) is 20.7 Å². The van der Waals surface area contributed by atoms with Crippen LogP contribution in [0.25, 0.3) is 10.8 Å². The number of hydrogen-bond donors (Lipinski definition) is 2. The molecule has 0 aliphatic rings. The molecule has 0 fully saturated rings. The van der Waals surface area contributed by atoms with E-state index in [0.717, 1.165) is 22.8 Å². The summed E-state index contributed by atoms with van der Waals surface area (Å²) in [6.07, 6.45) is 0.952. The first-order valence-electron chi connectivity index (χ1n) is 10.3. The van der Waals surface area contributed by atoms with Crippen molar-refractivity contribution in [2.24, 2.45) is 0 Å². The molecule has 3 rings (SSSR count). The topological polar surface area (TPSA) is 84.5 Å². The summed E-state index contributed by atoms with van der Waals surface area (Å²) in [6, 6.07) is 20.3. The zero-order valence-corrected chi connectivity index (χ0v) is 17.7. The second-order valence-electron chi connectivity index (χ2n) is 7.36. The van der Waals surface area contributed by atoms with Crippen LogP contribution in [0, 0.1) is 0 Å². The SMILES string of the molecule is CC[C@H](C)NC(=O)COC(=O)c1ccccc1NC(=O)Cc1cccc2ccccc12. The van der Waals surface area contributed by atoms with Crippen LogP contribution in [0.5, 0.6) is 0 Å². The fourth-order valence-corrected chi connectivity index (χ4v) is 3.21. The van der Waals surface area contributed by atoms with Crippen molar-refractivity contribution in [3.63, 3.8) is 0 Å². The van der Waals surface area contributed by atoms with Gasteiger partial charge in [-0.1, -0.05) is 61.5 Å². The minimum atomic E-state index is -0.666. The highest BCUT2D eigenvalue weighted by Crippen LogP contribution is 2.21. The molecule has 0 heterocycles. The maximum absolute atomic E-state index is 12.7. The van der Waals surface area contributed by atoms with E-state index in [9.17, 15) is 14.4 Å². The van der Waals surface area contributed by atoms with Gasteiger partial charge < -0.3 is 15.4 Å². The maximum atomic E-state index is 12.7. The average molecular weight is 418 g/mol. The maximum Gasteiger partial charge on any atom is 0.340 e. The molecule has 160 valence electrons. The van der Waals surface area contributed by atoms with E-state index in [0.29, 0.717) is 5.69 Å². The first-order valence-corrected chi connectivity index (χ1v) is 10.3. The van der Waals surface area contributed by atoms with Crippen LogP contribution in [0.1, 0.15) is 36.2 Å². The number of esters is 1. The van der Waals surface area contributed by atoms with E-state index in [1.54, 1.807) is 24.3 Å². The lowest BCUT2D eigenvalue weighted by molar-refractivity contribution is -0.124. The van der Waals surface area contributed by atoms with Gasteiger partial charge in [0.05, 0.1) is 17.7 Å². The van der Waals surface area contributed by atoms with E-state index in [4.69, 9.17) is 4.74 Å². The Kier molecular flexibility index (Phi) is 7.38. The smallest absolute Gasteiger partial charge is 0.340 e. The molecule has 0 bridgehead atoms. The van der Waals surface area contributed by atoms with Crippen molar-refractivity contribution in [2.45, 2.75) is 32.7 Å². The van der Waals surface area contributed by atoms with E-state index >= 15 is 0 Å². The quantitative estimate of drug-likeness (QED) is 0.540. The van der Waals surface area contributed by atoms with Crippen LogP contribution in [0.15, 0.2) is 66.7 Å². The molecule has 2 N–H and O–H groups in total. The molecule has 2 amide bonds. The third-order valence-corrected chi connectivity index (χ3v) is 5.01. The molecule has 0 saturated heterocycles. The summed E-state index contributed by atoms with van der Waals surface area (Å²) in [5, 5.41) is 7.61. The lowest BCUT2D eigenvalue weighted by atomic mass is 10.0. The van der Waals surface area contributed by atoms with E-state index in [2.05, 4.69) is 10.6 Å². The van der Waals surface area contributed by atoms with Crippen LogP contribution < -0.4 is 10.6 Å². The summed E-state index contributed by atoms with van der Waals surface area (Å²) < 4.78 is 5.13. The number of rotatable bonds is 8. The molecule has 0 aliphatic heterocycles. The predicted octanol–water partition coefficient (Wildman–Crippen LogP) is 4.09. The lowest BCUT2D eigenvalue weighted by Crippen LogP contribution is -2.35. The van der Waals surface area contributed by atoms with Crippen LogP contribution in [0.4, 0.5) is 5.69 Å². The van der Waals surface area contributed by atoms with Gasteiger partial charge >= 0.3 is 5.97 Å². The van der Waals surface area contributed by atoms with Gasteiger partial charge in [-0.25, -0.2) is 4.79 Å². The van der Waals surface area contributed by atoms with Gasteiger partial charge in [0.1, 0.15) is 0 Å². The second kappa shape index (κ2) is 10.4. The van der Waals surface area contributed by atoms with Crippen molar-refractivity contribution in [2.75, 3.05) is 11.9 Å². The zero-order valence-electron chi connectivity index (χ0n) is 17.7. The number of fused-ring (bicyclic) bond motifs is 1. The summed E-state index contributed by atoms with van der Waals surface area (Å²) in [4.78, 5) is 37.0. The van der Waals surface area contributed by atoms with Gasteiger partial charge in [0.2, 0.25) is 5.91 Å². The number of anilines is 1. The number of para-hydroxylation sites is 1. The first kappa shape index (κ1) is 22.0. The number of carbonyl (C=O) groups is 3. The fourth-order valence-electron chi connectivity index (χ4n) is 3.21. The van der Waals surface area contributed by atoms with Gasteiger partial charge in [0, 0.05) is 6.04 Å². The summed E-state index contributed by atoms with van der Waals surface area (Å²) in [6.45, 7) is 3.45. The third kappa shape index (κ3) is 5.92. The number of amides is 2. The summed E-state index contributed by atoms with van der Waals surface area (Å²) >= 11 is 0. The van der Waals surface area contributed by atoms with E-state index in [1.807, 2.05) is 56.3 Å². The van der Waals surface area contributed by atoms with Crippen LogP contribution in [-0.4, -0.2) is 30.4 Å². The van der Waals surface area contributed by atoms with Crippen LogP contribution >= 0.6 is 0 Å². The molecular weight excluding hydrogens is 392 g/mol. The van der Waals surface area contributed by atoms with Crippen molar-refractivity contribution in [3.8, 4) is 0 Å². The van der Waals surface area contributed by atoms with Gasteiger partial charge in [-0.2, -0.15) is 0 Å². The Morgan fingerprint density at radius 1 is 0.903 bits per heavy atom. The molecular formula is C25H26N2O4. The normalized spacial score (nSPS) is 11.5. The van der Waals surface area contributed by atoms with Gasteiger partial charge in [-0.3, -0.25) is 9.59 Å². The average Bonchev–Trinajstić information content (AvgIpc) is 2.78. The third-order valence-electron chi connectivity index (χ3n) is 5.01. The van der Waals surface area contributed by atoms with Crippen molar-refractivity contribution in [1.82, 2.24) is 5.32 Å². The molecule has 6 heteroatoms. The van der Waals surface area contributed by atoms with Crippen molar-refractivity contribution >= 4 is 34.2 Å². The number of carbonyl (C=O) groups excluding carboxylic acids is 3. The highest BCUT2D eigenvalue weighted by molar-refractivity contribution is 6.03. The number of ether oxygens (including phenoxy) is 1. The Hall–Kier alpha value is -3.67. The van der Waals surface area contributed by atoms with E-state index < -0.39 is 5.97 Å². The molecule has 0 unspecified atom stereocenters. The number of hydrogen-bond acceptors (Lipinski definition) is 4. The summed E-state index contributed by atoms with van der Waals surface area (Å²) in [5.74, 6) is -1.27. The molecule has 1 atom stereocenters. The Morgan fingerprint density at radius 2 is 1.61 bits per heavy atom. The second-order valence-corrected chi connectivity index (χ2v) is 7.36. The highest BCUT2D eigenvalue weighted by Gasteiger charge is 2.17. The summed E-state index contributed by atoms with van der Waals surface area (Å²) in [5.41, 5.74) is 1.45. The highest BCUT2D eigenvalue weighted by atomic mass is 16.5. The first-order chi connectivity index (χ1) is 15.0.